The Kier molecular flexibility index (Phi) is 4.57. The number of hydrogen-bond acceptors (Lipinski definition) is 4. The smallest absolute Gasteiger partial charge is 0.229 e. The topological polar surface area (TPSA) is 49.8 Å². The normalized spacial score (nSPS) is 13.7. The van der Waals surface area contributed by atoms with Crippen molar-refractivity contribution in [1.82, 2.24) is 9.97 Å². The first-order chi connectivity index (χ1) is 12.7. The minimum Gasteiger partial charge on any atom is -0.367 e. The maximum absolute atomic E-state index is 4.72. The Bertz CT molecular complexity index is 868. The fourth-order valence-corrected chi connectivity index (χ4v) is 2.85. The molecule has 132 valence electrons. The van der Waals surface area contributed by atoms with Crippen LogP contribution in [0, 0.1) is 0 Å². The highest BCUT2D eigenvalue weighted by Crippen LogP contribution is 2.28. The molecule has 1 heterocycles. The lowest BCUT2D eigenvalue weighted by atomic mass is 10.0. The van der Waals surface area contributed by atoms with Crippen LogP contribution in [0.15, 0.2) is 60.7 Å². The summed E-state index contributed by atoms with van der Waals surface area (Å²) in [4.78, 5) is 9.38. The molecule has 0 bridgehead atoms. The van der Waals surface area contributed by atoms with E-state index in [-0.39, 0.29) is 0 Å². The Morgan fingerprint density at radius 3 is 2.31 bits per heavy atom. The van der Waals surface area contributed by atoms with E-state index in [4.69, 9.17) is 4.98 Å². The van der Waals surface area contributed by atoms with Gasteiger partial charge in [-0.2, -0.15) is 4.98 Å². The van der Waals surface area contributed by atoms with E-state index >= 15 is 0 Å². The maximum atomic E-state index is 4.72. The number of anilines is 3. The standard InChI is InChI=1S/C22H24N4/c1-15(2)16-8-10-19(11-9-16)24-22-25-20(17-6-4-3-5-7-17)14-21(26-22)23-18-12-13-18/h3-11,14-15,18H,12-13H2,1-2H3,(H2,23,24,25,26). The quantitative estimate of drug-likeness (QED) is 0.612. The molecule has 0 aliphatic heterocycles. The third-order valence-electron chi connectivity index (χ3n) is 4.56. The van der Waals surface area contributed by atoms with E-state index < -0.39 is 0 Å². The van der Waals surface area contributed by atoms with Gasteiger partial charge in [-0.05, 0) is 36.5 Å². The molecule has 0 saturated heterocycles. The van der Waals surface area contributed by atoms with Gasteiger partial charge in [-0.25, -0.2) is 4.98 Å². The van der Waals surface area contributed by atoms with Crippen LogP contribution in [-0.4, -0.2) is 16.0 Å². The number of hydrogen-bond donors (Lipinski definition) is 2. The van der Waals surface area contributed by atoms with E-state index in [1.165, 1.54) is 18.4 Å². The fourth-order valence-electron chi connectivity index (χ4n) is 2.85. The van der Waals surface area contributed by atoms with Crippen LogP contribution in [0.1, 0.15) is 38.2 Å². The van der Waals surface area contributed by atoms with Gasteiger partial charge in [0.2, 0.25) is 5.95 Å². The molecule has 0 atom stereocenters. The highest BCUT2D eigenvalue weighted by Gasteiger charge is 2.22. The first kappa shape index (κ1) is 16.6. The van der Waals surface area contributed by atoms with Gasteiger partial charge in [-0.1, -0.05) is 56.3 Å². The van der Waals surface area contributed by atoms with Crippen molar-refractivity contribution < 1.29 is 0 Å². The highest BCUT2D eigenvalue weighted by molar-refractivity contribution is 5.66. The average Bonchev–Trinajstić information content (AvgIpc) is 3.47. The highest BCUT2D eigenvalue weighted by atomic mass is 15.2. The predicted molar refractivity (Wildman–Crippen MR) is 108 cm³/mol. The van der Waals surface area contributed by atoms with Crippen LogP contribution in [-0.2, 0) is 0 Å². The molecule has 1 saturated carbocycles. The van der Waals surface area contributed by atoms with E-state index in [0.717, 1.165) is 22.8 Å². The summed E-state index contributed by atoms with van der Waals surface area (Å²) in [6.07, 6.45) is 2.42. The second-order valence-corrected chi connectivity index (χ2v) is 7.15. The van der Waals surface area contributed by atoms with Gasteiger partial charge in [0.15, 0.2) is 0 Å². The Morgan fingerprint density at radius 2 is 1.65 bits per heavy atom. The molecule has 4 nitrogen and oxygen atoms in total. The van der Waals surface area contributed by atoms with Crippen LogP contribution in [0.3, 0.4) is 0 Å². The van der Waals surface area contributed by atoms with E-state index in [0.29, 0.717) is 17.9 Å². The van der Waals surface area contributed by atoms with Gasteiger partial charge >= 0.3 is 0 Å². The maximum Gasteiger partial charge on any atom is 0.229 e. The summed E-state index contributed by atoms with van der Waals surface area (Å²) in [6.45, 7) is 4.40. The molecular weight excluding hydrogens is 320 g/mol. The summed E-state index contributed by atoms with van der Waals surface area (Å²) in [6, 6.07) is 21.3. The molecule has 26 heavy (non-hydrogen) atoms. The number of benzene rings is 2. The molecule has 0 unspecified atom stereocenters. The first-order valence-corrected chi connectivity index (χ1v) is 9.25. The van der Waals surface area contributed by atoms with E-state index in [9.17, 15) is 0 Å². The summed E-state index contributed by atoms with van der Waals surface area (Å²) in [5.41, 5.74) is 4.33. The Balaban J connectivity index is 1.63. The Labute approximate surface area is 154 Å². The number of rotatable bonds is 6. The van der Waals surface area contributed by atoms with Crippen LogP contribution in [0.4, 0.5) is 17.5 Å². The summed E-state index contributed by atoms with van der Waals surface area (Å²) >= 11 is 0. The van der Waals surface area contributed by atoms with Crippen molar-refractivity contribution in [2.45, 2.75) is 38.6 Å². The molecule has 1 aromatic heterocycles. The Hall–Kier alpha value is -2.88. The molecule has 4 rings (SSSR count). The van der Waals surface area contributed by atoms with Gasteiger partial charge < -0.3 is 10.6 Å². The molecule has 0 amide bonds. The molecule has 4 heteroatoms. The van der Waals surface area contributed by atoms with Gasteiger partial charge in [-0.15, -0.1) is 0 Å². The number of nitrogens with zero attached hydrogens (tertiary/aromatic N) is 2. The molecule has 1 fully saturated rings. The van der Waals surface area contributed by atoms with Crippen LogP contribution in [0.5, 0.6) is 0 Å². The van der Waals surface area contributed by atoms with Gasteiger partial charge in [0.25, 0.3) is 0 Å². The van der Waals surface area contributed by atoms with Crippen LogP contribution in [0.25, 0.3) is 11.3 Å². The number of nitrogens with one attached hydrogen (secondary N) is 2. The molecule has 0 spiro atoms. The average molecular weight is 344 g/mol. The summed E-state index contributed by atoms with van der Waals surface area (Å²) in [7, 11) is 0. The second-order valence-electron chi connectivity index (χ2n) is 7.15. The zero-order valence-corrected chi connectivity index (χ0v) is 15.2. The van der Waals surface area contributed by atoms with Crippen LogP contribution < -0.4 is 10.6 Å². The van der Waals surface area contributed by atoms with E-state index in [1.807, 2.05) is 24.3 Å². The summed E-state index contributed by atoms with van der Waals surface area (Å²) in [5.74, 6) is 2.02. The molecule has 1 aliphatic rings. The van der Waals surface area contributed by atoms with Crippen molar-refractivity contribution in [2.24, 2.45) is 0 Å². The van der Waals surface area contributed by atoms with E-state index in [2.05, 4.69) is 65.9 Å². The first-order valence-electron chi connectivity index (χ1n) is 9.25. The second kappa shape index (κ2) is 7.16. The van der Waals surface area contributed by atoms with Crippen LogP contribution in [0.2, 0.25) is 0 Å². The summed E-state index contributed by atoms with van der Waals surface area (Å²) in [5, 5.41) is 6.84. The minimum absolute atomic E-state index is 0.524. The van der Waals surface area contributed by atoms with Crippen molar-refractivity contribution in [3.05, 3.63) is 66.2 Å². The predicted octanol–water partition coefficient (Wildman–Crippen LogP) is 5.58. The van der Waals surface area contributed by atoms with Crippen LogP contribution >= 0.6 is 0 Å². The molecule has 0 radical (unpaired) electrons. The van der Waals surface area contributed by atoms with Gasteiger partial charge in [0.05, 0.1) is 5.69 Å². The molecule has 2 N–H and O–H groups in total. The monoisotopic (exact) mass is 344 g/mol. The van der Waals surface area contributed by atoms with Gasteiger partial charge in [0, 0.05) is 23.4 Å². The molecule has 1 aliphatic carbocycles. The third kappa shape index (κ3) is 4.02. The van der Waals surface area contributed by atoms with Crippen molar-refractivity contribution in [3.63, 3.8) is 0 Å². The lowest BCUT2D eigenvalue weighted by Crippen LogP contribution is -2.07. The summed E-state index contributed by atoms with van der Waals surface area (Å²) < 4.78 is 0. The minimum atomic E-state index is 0.524. The molecule has 2 aromatic carbocycles. The van der Waals surface area contributed by atoms with Crippen molar-refractivity contribution in [1.29, 1.82) is 0 Å². The lowest BCUT2D eigenvalue weighted by Gasteiger charge is -2.12. The molecular formula is C22H24N4. The largest absolute Gasteiger partial charge is 0.367 e. The lowest BCUT2D eigenvalue weighted by molar-refractivity contribution is 0.867. The third-order valence-corrected chi connectivity index (χ3v) is 4.56. The van der Waals surface area contributed by atoms with Crippen molar-refractivity contribution in [3.8, 4) is 11.3 Å². The van der Waals surface area contributed by atoms with Gasteiger partial charge in [-0.3, -0.25) is 0 Å². The zero-order chi connectivity index (χ0) is 17.9. The van der Waals surface area contributed by atoms with Gasteiger partial charge in [0.1, 0.15) is 5.82 Å². The van der Waals surface area contributed by atoms with E-state index in [1.54, 1.807) is 0 Å². The fraction of sp³-hybridized carbons (Fsp3) is 0.273. The Morgan fingerprint density at radius 1 is 0.923 bits per heavy atom. The van der Waals surface area contributed by atoms with Crippen molar-refractivity contribution in [2.75, 3.05) is 10.6 Å². The number of aromatic nitrogens is 2. The van der Waals surface area contributed by atoms with Crippen molar-refractivity contribution >= 4 is 17.5 Å². The molecule has 3 aromatic rings. The zero-order valence-electron chi connectivity index (χ0n) is 15.2. The SMILES string of the molecule is CC(C)c1ccc(Nc2nc(NC3CC3)cc(-c3ccccc3)n2)cc1.